The summed E-state index contributed by atoms with van der Waals surface area (Å²) in [6.07, 6.45) is 4.81. The van der Waals surface area contributed by atoms with Gasteiger partial charge in [-0.15, -0.1) is 0 Å². The van der Waals surface area contributed by atoms with E-state index in [9.17, 15) is 4.79 Å². The highest BCUT2D eigenvalue weighted by Crippen LogP contribution is 2.26. The van der Waals surface area contributed by atoms with E-state index in [1.807, 2.05) is 36.1 Å². The van der Waals surface area contributed by atoms with Gasteiger partial charge in [0.25, 0.3) is 0 Å². The van der Waals surface area contributed by atoms with E-state index in [-0.39, 0.29) is 12.1 Å². The highest BCUT2D eigenvalue weighted by molar-refractivity contribution is 5.75. The lowest BCUT2D eigenvalue weighted by atomic mass is 10.1. The maximum atomic E-state index is 12.8. The molecule has 1 N–H and O–H groups in total. The molecule has 1 aromatic rings. The summed E-state index contributed by atoms with van der Waals surface area (Å²) in [6.45, 7) is 6.27. The first-order valence-electron chi connectivity index (χ1n) is 9.11. The molecule has 0 spiro atoms. The average molecular weight is 331 g/mol. The number of rotatable bonds is 5. The molecule has 0 aromatic heterocycles. The van der Waals surface area contributed by atoms with Crippen LogP contribution in [0.15, 0.2) is 24.3 Å². The lowest BCUT2D eigenvalue weighted by Gasteiger charge is -2.30. The normalized spacial score (nSPS) is 22.6. The first-order valence-corrected chi connectivity index (χ1v) is 9.11. The van der Waals surface area contributed by atoms with Crippen LogP contribution in [0.3, 0.4) is 0 Å². The van der Waals surface area contributed by atoms with Crippen molar-refractivity contribution in [3.05, 3.63) is 29.8 Å². The Kier molecular flexibility index (Phi) is 5.61. The minimum absolute atomic E-state index is 0.0510. The Labute approximate surface area is 145 Å². The third-order valence-electron chi connectivity index (χ3n) is 5.25. The van der Waals surface area contributed by atoms with Gasteiger partial charge < -0.3 is 19.9 Å². The standard InChI is InChI=1S/C19H29N3O2/c1-15(17-9-3-4-10-18(17)24-2)20-19(23)22-13-7-8-16(22)14-21-11-5-6-12-21/h3-4,9-10,15-16H,5-8,11-14H2,1-2H3,(H,20,23). The predicted octanol–water partition coefficient (Wildman–Crippen LogP) is 3.03. The summed E-state index contributed by atoms with van der Waals surface area (Å²) in [5, 5.41) is 3.16. The van der Waals surface area contributed by atoms with Crippen LogP contribution in [-0.2, 0) is 0 Å². The Morgan fingerprint density at radius 2 is 2.00 bits per heavy atom. The quantitative estimate of drug-likeness (QED) is 0.902. The van der Waals surface area contributed by atoms with Gasteiger partial charge >= 0.3 is 6.03 Å². The number of carbonyl (C=O) groups is 1. The van der Waals surface area contributed by atoms with Crippen molar-refractivity contribution >= 4 is 6.03 Å². The molecule has 0 bridgehead atoms. The molecule has 1 aromatic carbocycles. The second kappa shape index (κ2) is 7.88. The van der Waals surface area contributed by atoms with Gasteiger partial charge in [0.15, 0.2) is 0 Å². The first-order chi connectivity index (χ1) is 11.7. The lowest BCUT2D eigenvalue weighted by molar-refractivity contribution is 0.172. The van der Waals surface area contributed by atoms with Crippen LogP contribution in [0.5, 0.6) is 5.75 Å². The number of nitrogens with one attached hydrogen (secondary N) is 1. The number of carbonyl (C=O) groups excluding carboxylic acids is 1. The third-order valence-corrected chi connectivity index (χ3v) is 5.25. The smallest absolute Gasteiger partial charge is 0.318 e. The van der Waals surface area contributed by atoms with Gasteiger partial charge in [-0.2, -0.15) is 0 Å². The SMILES string of the molecule is COc1ccccc1C(C)NC(=O)N1CCCC1CN1CCCC1. The second-order valence-corrected chi connectivity index (χ2v) is 6.91. The van der Waals surface area contributed by atoms with Crippen LogP contribution in [0.25, 0.3) is 0 Å². The van der Waals surface area contributed by atoms with Gasteiger partial charge in [0.05, 0.1) is 13.2 Å². The van der Waals surface area contributed by atoms with Crippen LogP contribution in [0.1, 0.15) is 44.2 Å². The summed E-state index contributed by atoms with van der Waals surface area (Å²) in [7, 11) is 1.67. The van der Waals surface area contributed by atoms with Crippen molar-refractivity contribution < 1.29 is 9.53 Å². The molecule has 0 radical (unpaired) electrons. The molecule has 2 fully saturated rings. The second-order valence-electron chi connectivity index (χ2n) is 6.91. The fourth-order valence-corrected chi connectivity index (χ4v) is 3.93. The molecule has 132 valence electrons. The van der Waals surface area contributed by atoms with E-state index in [1.54, 1.807) is 7.11 Å². The van der Waals surface area contributed by atoms with Crippen LogP contribution >= 0.6 is 0 Å². The number of likely N-dealkylation sites (tertiary alicyclic amines) is 2. The largest absolute Gasteiger partial charge is 0.496 e. The van der Waals surface area contributed by atoms with Gasteiger partial charge in [0, 0.05) is 24.7 Å². The van der Waals surface area contributed by atoms with Gasteiger partial charge in [0.2, 0.25) is 0 Å². The monoisotopic (exact) mass is 331 g/mol. The summed E-state index contributed by atoms with van der Waals surface area (Å²) in [5.74, 6) is 0.820. The number of para-hydroxylation sites is 1. The number of hydrogen-bond acceptors (Lipinski definition) is 3. The van der Waals surface area contributed by atoms with Crippen molar-refractivity contribution in [3.8, 4) is 5.75 Å². The molecule has 2 saturated heterocycles. The molecular formula is C19H29N3O2. The van der Waals surface area contributed by atoms with Crippen LogP contribution in [0, 0.1) is 0 Å². The molecule has 2 atom stereocenters. The molecule has 3 rings (SSSR count). The van der Waals surface area contributed by atoms with Crippen molar-refractivity contribution in [2.75, 3.05) is 33.3 Å². The van der Waals surface area contributed by atoms with Gasteiger partial charge in [-0.25, -0.2) is 4.79 Å². The molecule has 24 heavy (non-hydrogen) atoms. The zero-order valence-electron chi connectivity index (χ0n) is 14.8. The van der Waals surface area contributed by atoms with E-state index in [0.717, 1.165) is 37.2 Å². The van der Waals surface area contributed by atoms with E-state index in [1.165, 1.54) is 25.9 Å². The molecule has 2 unspecified atom stereocenters. The first kappa shape index (κ1) is 17.1. The number of amides is 2. The zero-order chi connectivity index (χ0) is 16.9. The highest BCUT2D eigenvalue weighted by atomic mass is 16.5. The zero-order valence-corrected chi connectivity index (χ0v) is 14.8. The maximum Gasteiger partial charge on any atom is 0.318 e. The van der Waals surface area contributed by atoms with E-state index in [4.69, 9.17) is 4.74 Å². The maximum absolute atomic E-state index is 12.8. The molecule has 0 aliphatic carbocycles. The number of benzene rings is 1. The van der Waals surface area contributed by atoms with Crippen LogP contribution in [0.4, 0.5) is 4.79 Å². The number of urea groups is 1. The highest BCUT2D eigenvalue weighted by Gasteiger charge is 2.31. The molecule has 2 heterocycles. The van der Waals surface area contributed by atoms with Crippen LogP contribution < -0.4 is 10.1 Å². The van der Waals surface area contributed by atoms with Crippen molar-refractivity contribution in [2.45, 2.75) is 44.7 Å². The minimum atomic E-state index is -0.0679. The molecule has 0 saturated carbocycles. The third kappa shape index (κ3) is 3.83. The fourth-order valence-electron chi connectivity index (χ4n) is 3.93. The average Bonchev–Trinajstić information content (AvgIpc) is 3.27. The fraction of sp³-hybridized carbons (Fsp3) is 0.632. The Bertz CT molecular complexity index is 557. The van der Waals surface area contributed by atoms with Gasteiger partial charge in [-0.3, -0.25) is 0 Å². The van der Waals surface area contributed by atoms with E-state index in [2.05, 4.69) is 10.2 Å². The van der Waals surface area contributed by atoms with Crippen molar-refractivity contribution in [2.24, 2.45) is 0 Å². The Hall–Kier alpha value is -1.75. The molecule has 2 amide bonds. The number of methoxy groups -OCH3 is 1. The van der Waals surface area contributed by atoms with Crippen LogP contribution in [0.2, 0.25) is 0 Å². The number of ether oxygens (including phenoxy) is 1. The Balaban J connectivity index is 1.60. The molecule has 2 aliphatic rings. The molecule has 2 aliphatic heterocycles. The van der Waals surface area contributed by atoms with Crippen molar-refractivity contribution in [1.82, 2.24) is 15.1 Å². The van der Waals surface area contributed by atoms with E-state index >= 15 is 0 Å². The molecule has 5 nitrogen and oxygen atoms in total. The lowest BCUT2D eigenvalue weighted by Crippen LogP contribution is -2.47. The summed E-state index contributed by atoms with van der Waals surface area (Å²) in [6, 6.07) is 8.21. The molecular weight excluding hydrogens is 302 g/mol. The minimum Gasteiger partial charge on any atom is -0.496 e. The van der Waals surface area contributed by atoms with Gasteiger partial charge in [-0.05, 0) is 51.8 Å². The number of nitrogens with zero attached hydrogens (tertiary/aromatic N) is 2. The predicted molar refractivity (Wildman–Crippen MR) is 95.3 cm³/mol. The topological polar surface area (TPSA) is 44.8 Å². The summed E-state index contributed by atoms with van der Waals surface area (Å²) in [5.41, 5.74) is 1.02. The van der Waals surface area contributed by atoms with Crippen molar-refractivity contribution in [3.63, 3.8) is 0 Å². The van der Waals surface area contributed by atoms with Gasteiger partial charge in [-0.1, -0.05) is 18.2 Å². The van der Waals surface area contributed by atoms with E-state index < -0.39 is 0 Å². The summed E-state index contributed by atoms with van der Waals surface area (Å²) >= 11 is 0. The molecule has 5 heteroatoms. The summed E-state index contributed by atoms with van der Waals surface area (Å²) in [4.78, 5) is 17.3. The number of hydrogen-bond donors (Lipinski definition) is 1. The van der Waals surface area contributed by atoms with Crippen molar-refractivity contribution in [1.29, 1.82) is 0 Å². The summed E-state index contributed by atoms with van der Waals surface area (Å²) < 4.78 is 5.41. The Morgan fingerprint density at radius 3 is 2.75 bits per heavy atom. The van der Waals surface area contributed by atoms with E-state index in [0.29, 0.717) is 6.04 Å². The Morgan fingerprint density at radius 1 is 1.25 bits per heavy atom. The van der Waals surface area contributed by atoms with Gasteiger partial charge in [0.1, 0.15) is 5.75 Å². The van der Waals surface area contributed by atoms with Crippen LogP contribution in [-0.4, -0.2) is 55.2 Å².